The van der Waals surface area contributed by atoms with Crippen LogP contribution in [0.1, 0.15) is 41.4 Å². The van der Waals surface area contributed by atoms with Crippen molar-refractivity contribution >= 4 is 5.91 Å². The second-order valence-electron chi connectivity index (χ2n) is 6.64. The molecule has 0 saturated carbocycles. The van der Waals surface area contributed by atoms with E-state index in [1.807, 2.05) is 53.9 Å². The van der Waals surface area contributed by atoms with Crippen LogP contribution in [0.2, 0.25) is 0 Å². The number of hydrogen-bond donors (Lipinski definition) is 0. The molecule has 1 aromatic heterocycles. The molecule has 0 radical (unpaired) electrons. The van der Waals surface area contributed by atoms with Crippen LogP contribution >= 0.6 is 0 Å². The van der Waals surface area contributed by atoms with E-state index in [2.05, 4.69) is 16.1 Å². The maximum atomic E-state index is 12.6. The Morgan fingerprint density at radius 3 is 2.60 bits per heavy atom. The molecule has 1 amide bonds. The number of aromatic nitrogens is 2. The zero-order chi connectivity index (χ0) is 17.8. The molecule has 6 heteroatoms. The molecular weight excluding hydrogens is 314 g/mol. The third-order valence-corrected chi connectivity index (χ3v) is 4.57. The van der Waals surface area contributed by atoms with Gasteiger partial charge in [0.2, 0.25) is 0 Å². The maximum Gasteiger partial charge on any atom is 0.257 e. The normalized spacial score (nSPS) is 15.4. The van der Waals surface area contributed by atoms with E-state index in [9.17, 15) is 10.1 Å². The third-order valence-electron chi connectivity index (χ3n) is 4.57. The Morgan fingerprint density at radius 2 is 1.96 bits per heavy atom. The Balaban J connectivity index is 1.58. The van der Waals surface area contributed by atoms with Crippen molar-refractivity contribution in [2.75, 3.05) is 26.2 Å². The van der Waals surface area contributed by atoms with Crippen LogP contribution in [0.4, 0.5) is 0 Å². The summed E-state index contributed by atoms with van der Waals surface area (Å²) < 4.78 is 1.81. The van der Waals surface area contributed by atoms with Gasteiger partial charge in [0.05, 0.1) is 23.4 Å². The van der Waals surface area contributed by atoms with E-state index in [1.54, 1.807) is 6.20 Å². The molecule has 1 aliphatic heterocycles. The minimum atomic E-state index is 0.0453. The summed E-state index contributed by atoms with van der Waals surface area (Å²) in [7, 11) is 0. The molecular formula is C19H23N5O. The van der Waals surface area contributed by atoms with E-state index < -0.39 is 0 Å². The summed E-state index contributed by atoms with van der Waals surface area (Å²) in [5.74, 6) is 0.0453. The molecule has 0 aliphatic carbocycles. The number of amides is 1. The van der Waals surface area contributed by atoms with Crippen molar-refractivity contribution in [3.63, 3.8) is 0 Å². The molecule has 0 unspecified atom stereocenters. The maximum absolute atomic E-state index is 12.6. The van der Waals surface area contributed by atoms with E-state index in [-0.39, 0.29) is 11.9 Å². The average Bonchev–Trinajstić information content (AvgIpc) is 3.13. The van der Waals surface area contributed by atoms with Crippen LogP contribution in [-0.4, -0.2) is 51.7 Å². The minimum Gasteiger partial charge on any atom is -0.336 e. The van der Waals surface area contributed by atoms with E-state index >= 15 is 0 Å². The molecule has 3 rings (SSSR count). The Morgan fingerprint density at radius 1 is 1.24 bits per heavy atom. The van der Waals surface area contributed by atoms with Gasteiger partial charge in [0.15, 0.2) is 0 Å². The smallest absolute Gasteiger partial charge is 0.257 e. The van der Waals surface area contributed by atoms with Crippen molar-refractivity contribution in [1.29, 1.82) is 5.26 Å². The summed E-state index contributed by atoms with van der Waals surface area (Å²) in [6.07, 6.45) is 3.47. The SMILES string of the molecule is CC(C)n1cc(C(=O)N2CCN(Cc3ccccc3C#N)CC2)cn1. The molecule has 0 bridgehead atoms. The number of nitriles is 1. The molecule has 25 heavy (non-hydrogen) atoms. The lowest BCUT2D eigenvalue weighted by Crippen LogP contribution is -2.48. The fourth-order valence-corrected chi connectivity index (χ4v) is 3.03. The highest BCUT2D eigenvalue weighted by atomic mass is 16.2. The lowest BCUT2D eigenvalue weighted by Gasteiger charge is -2.34. The van der Waals surface area contributed by atoms with Crippen LogP contribution in [-0.2, 0) is 6.54 Å². The van der Waals surface area contributed by atoms with Gasteiger partial charge in [-0.15, -0.1) is 0 Å². The standard InChI is InChI=1S/C19H23N5O/c1-15(2)24-14-18(12-21-24)19(25)23-9-7-22(8-10-23)13-17-6-4-3-5-16(17)11-20/h3-6,12,14-15H,7-10,13H2,1-2H3. The Bertz CT molecular complexity index is 781. The molecule has 0 spiro atoms. The van der Waals surface area contributed by atoms with Crippen molar-refractivity contribution in [1.82, 2.24) is 19.6 Å². The van der Waals surface area contributed by atoms with Crippen molar-refractivity contribution in [2.45, 2.75) is 26.4 Å². The van der Waals surface area contributed by atoms with Gasteiger partial charge in [0, 0.05) is 45.0 Å². The highest BCUT2D eigenvalue weighted by Gasteiger charge is 2.23. The molecule has 1 saturated heterocycles. The fraction of sp³-hybridized carbons (Fsp3) is 0.421. The molecule has 0 atom stereocenters. The monoisotopic (exact) mass is 337 g/mol. The van der Waals surface area contributed by atoms with Gasteiger partial charge in [0.1, 0.15) is 0 Å². The fourth-order valence-electron chi connectivity index (χ4n) is 3.03. The molecule has 6 nitrogen and oxygen atoms in total. The van der Waals surface area contributed by atoms with Crippen LogP contribution in [0.15, 0.2) is 36.7 Å². The number of carbonyl (C=O) groups is 1. The first kappa shape index (κ1) is 17.2. The van der Waals surface area contributed by atoms with E-state index in [4.69, 9.17) is 0 Å². The summed E-state index contributed by atoms with van der Waals surface area (Å²) in [6, 6.07) is 10.2. The lowest BCUT2D eigenvalue weighted by molar-refractivity contribution is 0.0628. The van der Waals surface area contributed by atoms with Gasteiger partial charge < -0.3 is 4.90 Å². The second-order valence-corrected chi connectivity index (χ2v) is 6.64. The number of hydrogen-bond acceptors (Lipinski definition) is 4. The van der Waals surface area contributed by atoms with Gasteiger partial charge in [-0.2, -0.15) is 10.4 Å². The lowest BCUT2D eigenvalue weighted by atomic mass is 10.1. The van der Waals surface area contributed by atoms with Crippen molar-refractivity contribution < 1.29 is 4.79 Å². The zero-order valence-corrected chi connectivity index (χ0v) is 14.7. The Labute approximate surface area is 148 Å². The van der Waals surface area contributed by atoms with Crippen LogP contribution in [0, 0.1) is 11.3 Å². The van der Waals surface area contributed by atoms with E-state index in [0.717, 1.165) is 30.8 Å². The number of nitrogens with zero attached hydrogens (tertiary/aromatic N) is 5. The van der Waals surface area contributed by atoms with Crippen LogP contribution in [0.3, 0.4) is 0 Å². The highest BCUT2D eigenvalue weighted by Crippen LogP contribution is 2.14. The molecule has 2 aromatic rings. The Hall–Kier alpha value is -2.65. The summed E-state index contributed by atoms with van der Waals surface area (Å²) in [5, 5.41) is 13.5. The average molecular weight is 337 g/mol. The first-order valence-corrected chi connectivity index (χ1v) is 8.62. The van der Waals surface area contributed by atoms with Gasteiger partial charge in [-0.25, -0.2) is 0 Å². The summed E-state index contributed by atoms with van der Waals surface area (Å²) in [4.78, 5) is 16.8. The van der Waals surface area contributed by atoms with Crippen LogP contribution < -0.4 is 0 Å². The first-order chi connectivity index (χ1) is 12.1. The minimum absolute atomic E-state index is 0.0453. The largest absolute Gasteiger partial charge is 0.336 e. The van der Waals surface area contributed by atoms with Gasteiger partial charge in [0.25, 0.3) is 5.91 Å². The van der Waals surface area contributed by atoms with E-state index in [0.29, 0.717) is 18.7 Å². The predicted octanol–water partition coefficient (Wildman–Crippen LogP) is 2.29. The number of piperazine rings is 1. The van der Waals surface area contributed by atoms with Crippen LogP contribution in [0.25, 0.3) is 0 Å². The van der Waals surface area contributed by atoms with Gasteiger partial charge in [-0.05, 0) is 25.5 Å². The topological polar surface area (TPSA) is 65.2 Å². The molecule has 1 fully saturated rings. The summed E-state index contributed by atoms with van der Waals surface area (Å²) in [6.45, 7) is 7.84. The molecule has 1 aliphatic rings. The molecule has 0 N–H and O–H groups in total. The van der Waals surface area contributed by atoms with Crippen molar-refractivity contribution in [2.24, 2.45) is 0 Å². The highest BCUT2D eigenvalue weighted by molar-refractivity contribution is 5.93. The number of carbonyl (C=O) groups excluding carboxylic acids is 1. The Kier molecular flexibility index (Phi) is 5.15. The van der Waals surface area contributed by atoms with Gasteiger partial charge in [-0.3, -0.25) is 14.4 Å². The van der Waals surface area contributed by atoms with Gasteiger partial charge in [-0.1, -0.05) is 18.2 Å². The quantitative estimate of drug-likeness (QED) is 0.859. The van der Waals surface area contributed by atoms with Crippen molar-refractivity contribution in [3.05, 3.63) is 53.3 Å². The summed E-state index contributed by atoms with van der Waals surface area (Å²) in [5.41, 5.74) is 2.42. The molecule has 2 heterocycles. The predicted molar refractivity (Wildman–Crippen MR) is 94.9 cm³/mol. The first-order valence-electron chi connectivity index (χ1n) is 8.62. The summed E-state index contributed by atoms with van der Waals surface area (Å²) >= 11 is 0. The third kappa shape index (κ3) is 3.89. The van der Waals surface area contributed by atoms with Gasteiger partial charge >= 0.3 is 0 Å². The zero-order valence-electron chi connectivity index (χ0n) is 14.7. The van der Waals surface area contributed by atoms with Crippen molar-refractivity contribution in [3.8, 4) is 6.07 Å². The number of benzene rings is 1. The molecule has 130 valence electrons. The van der Waals surface area contributed by atoms with E-state index in [1.165, 1.54) is 0 Å². The molecule has 1 aromatic carbocycles. The second kappa shape index (κ2) is 7.49. The van der Waals surface area contributed by atoms with Crippen LogP contribution in [0.5, 0.6) is 0 Å². The number of rotatable bonds is 4.